The summed E-state index contributed by atoms with van der Waals surface area (Å²) in [5.41, 5.74) is 0.433. The normalized spacial score (nSPS) is 26.8. The molecule has 1 unspecified atom stereocenters. The van der Waals surface area contributed by atoms with E-state index in [1.54, 1.807) is 32.0 Å². The fraction of sp³-hybridized carbons (Fsp3) is 0.471. The van der Waals surface area contributed by atoms with E-state index in [9.17, 15) is 23.1 Å². The van der Waals surface area contributed by atoms with Crippen molar-refractivity contribution in [2.75, 3.05) is 6.54 Å². The second-order valence-electron chi connectivity index (χ2n) is 6.61. The van der Waals surface area contributed by atoms with Crippen molar-refractivity contribution in [1.29, 1.82) is 0 Å². The summed E-state index contributed by atoms with van der Waals surface area (Å²) in [6, 6.07) is 5.19. The molecular formula is C17H21N3O5S. The lowest BCUT2D eigenvalue weighted by atomic mass is 9.90. The second kappa shape index (κ2) is 6.71. The number of sulfonamides is 1. The highest BCUT2D eigenvalue weighted by atomic mass is 32.2. The number of hydrogen-bond donors (Lipinski definition) is 2. The fourth-order valence-corrected chi connectivity index (χ4v) is 4.74. The highest BCUT2D eigenvalue weighted by Crippen LogP contribution is 2.26. The predicted molar refractivity (Wildman–Crippen MR) is 94.3 cm³/mol. The van der Waals surface area contributed by atoms with Crippen molar-refractivity contribution in [1.82, 2.24) is 9.62 Å². The Morgan fingerprint density at radius 2 is 2.04 bits per heavy atom. The van der Waals surface area contributed by atoms with Crippen molar-refractivity contribution >= 4 is 27.7 Å². The van der Waals surface area contributed by atoms with Crippen LogP contribution in [0.2, 0.25) is 0 Å². The minimum Gasteiger partial charge on any atom is -0.481 e. The van der Waals surface area contributed by atoms with Crippen LogP contribution < -0.4 is 4.72 Å². The maximum Gasteiger partial charge on any atom is 0.308 e. The Bertz CT molecular complexity index is 880. The smallest absolute Gasteiger partial charge is 0.308 e. The van der Waals surface area contributed by atoms with Crippen molar-refractivity contribution in [3.05, 3.63) is 29.8 Å². The van der Waals surface area contributed by atoms with Crippen LogP contribution in [0, 0.1) is 5.92 Å². The first kappa shape index (κ1) is 18.4. The van der Waals surface area contributed by atoms with Gasteiger partial charge in [-0.05, 0) is 38.8 Å². The molecule has 8 nitrogen and oxygen atoms in total. The van der Waals surface area contributed by atoms with Crippen molar-refractivity contribution in [2.24, 2.45) is 10.9 Å². The van der Waals surface area contributed by atoms with Gasteiger partial charge in [0.25, 0.3) is 10.0 Å². The number of rotatable bonds is 3. The van der Waals surface area contributed by atoms with Crippen molar-refractivity contribution in [3.8, 4) is 0 Å². The van der Waals surface area contributed by atoms with Crippen LogP contribution in [0.5, 0.6) is 0 Å². The highest BCUT2D eigenvalue weighted by molar-refractivity contribution is 7.90. The third-order valence-electron chi connectivity index (χ3n) is 4.93. The molecule has 3 atom stereocenters. The molecular weight excluding hydrogens is 358 g/mol. The Morgan fingerprint density at radius 3 is 2.73 bits per heavy atom. The molecule has 2 aliphatic rings. The van der Waals surface area contributed by atoms with Gasteiger partial charge in [-0.25, -0.2) is 8.42 Å². The Morgan fingerprint density at radius 1 is 1.35 bits per heavy atom. The topological polar surface area (TPSA) is 116 Å². The van der Waals surface area contributed by atoms with Crippen LogP contribution >= 0.6 is 0 Å². The van der Waals surface area contributed by atoms with Crippen LogP contribution in [0.3, 0.4) is 0 Å². The van der Waals surface area contributed by atoms with Crippen LogP contribution in [-0.2, 0) is 19.6 Å². The van der Waals surface area contributed by atoms with Crippen LogP contribution in [0.1, 0.15) is 32.3 Å². The first-order chi connectivity index (χ1) is 12.2. The molecule has 1 fully saturated rings. The van der Waals surface area contributed by atoms with E-state index in [1.165, 1.54) is 11.0 Å². The number of carboxylic acid groups (broad SMARTS) is 1. The van der Waals surface area contributed by atoms with Crippen molar-refractivity contribution in [2.45, 2.75) is 43.7 Å². The maximum absolute atomic E-state index is 12.8. The van der Waals surface area contributed by atoms with Gasteiger partial charge in [0.05, 0.1) is 10.8 Å². The third-order valence-corrected chi connectivity index (χ3v) is 6.33. The van der Waals surface area contributed by atoms with Crippen molar-refractivity contribution in [3.63, 3.8) is 0 Å². The number of benzene rings is 1. The van der Waals surface area contributed by atoms with Gasteiger partial charge in [0.2, 0.25) is 5.91 Å². The molecule has 0 radical (unpaired) electrons. The molecule has 26 heavy (non-hydrogen) atoms. The van der Waals surface area contributed by atoms with Gasteiger partial charge in [-0.15, -0.1) is 0 Å². The number of carboxylic acids is 1. The molecule has 9 heteroatoms. The van der Waals surface area contributed by atoms with Gasteiger partial charge in [0.1, 0.15) is 11.9 Å². The monoisotopic (exact) mass is 379 g/mol. The summed E-state index contributed by atoms with van der Waals surface area (Å²) in [5, 5.41) is 9.30. The Balaban J connectivity index is 1.84. The quantitative estimate of drug-likeness (QED) is 0.807. The molecule has 0 saturated carbocycles. The zero-order valence-electron chi connectivity index (χ0n) is 14.5. The zero-order chi connectivity index (χ0) is 19.1. The predicted octanol–water partition coefficient (Wildman–Crippen LogP) is 0.825. The van der Waals surface area contributed by atoms with E-state index in [1.807, 2.05) is 0 Å². The van der Waals surface area contributed by atoms with E-state index >= 15 is 0 Å². The van der Waals surface area contributed by atoms with E-state index in [0.717, 1.165) is 0 Å². The number of nitrogens with zero attached hydrogens (tertiary/aromatic N) is 2. The number of fused-ring (bicyclic) bond motifs is 1. The molecule has 0 aliphatic carbocycles. The molecule has 140 valence electrons. The summed E-state index contributed by atoms with van der Waals surface area (Å²) < 4.78 is 26.6. The number of nitrogens with one attached hydrogen (secondary N) is 1. The van der Waals surface area contributed by atoms with E-state index in [0.29, 0.717) is 24.9 Å². The van der Waals surface area contributed by atoms with Gasteiger partial charge >= 0.3 is 5.97 Å². The summed E-state index contributed by atoms with van der Waals surface area (Å²) in [7, 11) is -3.67. The van der Waals surface area contributed by atoms with E-state index < -0.39 is 34.0 Å². The molecule has 2 heterocycles. The summed E-state index contributed by atoms with van der Waals surface area (Å²) >= 11 is 0. The number of aliphatic carboxylic acids is 1. The van der Waals surface area contributed by atoms with Gasteiger partial charge in [-0.2, -0.15) is 0 Å². The number of aliphatic imine (C=N–C) groups is 1. The van der Waals surface area contributed by atoms with Gasteiger partial charge in [-0.1, -0.05) is 12.1 Å². The number of carbonyl (C=O) groups is 2. The summed E-state index contributed by atoms with van der Waals surface area (Å²) in [5.74, 6) is -1.68. The lowest BCUT2D eigenvalue weighted by Gasteiger charge is -2.38. The molecule has 1 amide bonds. The summed E-state index contributed by atoms with van der Waals surface area (Å²) in [6.45, 7) is 3.78. The lowest BCUT2D eigenvalue weighted by Crippen LogP contribution is -2.51. The average Bonchev–Trinajstić information content (AvgIpc) is 2.85. The molecule has 0 aromatic heterocycles. The fourth-order valence-electron chi connectivity index (χ4n) is 3.50. The van der Waals surface area contributed by atoms with Crippen LogP contribution in [-0.4, -0.2) is 54.8 Å². The third kappa shape index (κ3) is 3.18. The minimum absolute atomic E-state index is 0.135. The SMILES string of the molecule is CC(N=C1NS(=O)(=O)c2ccccc21)C(=O)N1CCC[C@H](C(=O)O)[C@@H]1C. The number of carbonyl (C=O) groups excluding carboxylic acids is 1. The minimum atomic E-state index is -3.67. The Labute approximate surface area is 152 Å². The van der Waals surface area contributed by atoms with Crippen molar-refractivity contribution < 1.29 is 23.1 Å². The first-order valence-corrected chi connectivity index (χ1v) is 9.94. The molecule has 0 bridgehead atoms. The summed E-state index contributed by atoms with van der Waals surface area (Å²) in [4.78, 5) is 30.1. The van der Waals surface area contributed by atoms with E-state index in [4.69, 9.17) is 0 Å². The lowest BCUT2D eigenvalue weighted by molar-refractivity contribution is -0.149. The Hall–Kier alpha value is -2.42. The molecule has 1 aromatic rings. The molecule has 3 rings (SSSR count). The van der Waals surface area contributed by atoms with Gasteiger partial charge in [-0.3, -0.25) is 19.3 Å². The van der Waals surface area contributed by atoms with E-state index in [2.05, 4.69) is 9.71 Å². The second-order valence-corrected chi connectivity index (χ2v) is 8.27. The standard InChI is InChI=1S/C17H21N3O5S/c1-10(16(21)20-9-5-7-12(11(20)2)17(22)23)18-15-13-6-3-4-8-14(13)26(24,25)19-15/h3-4,6,8,10-12H,5,7,9H2,1-2H3,(H,18,19)(H,22,23)/t10?,11-,12-/m0/s1. The number of likely N-dealkylation sites (tertiary alicyclic amines) is 1. The van der Waals surface area contributed by atoms with Gasteiger partial charge < -0.3 is 10.0 Å². The molecule has 1 aromatic carbocycles. The average molecular weight is 379 g/mol. The molecule has 2 N–H and O–H groups in total. The number of amidine groups is 1. The van der Waals surface area contributed by atoms with E-state index in [-0.39, 0.29) is 16.6 Å². The Kier molecular flexibility index (Phi) is 4.74. The molecule has 0 spiro atoms. The number of amides is 1. The number of hydrogen-bond acceptors (Lipinski definition) is 5. The maximum atomic E-state index is 12.8. The highest BCUT2D eigenvalue weighted by Gasteiger charge is 2.37. The zero-order valence-corrected chi connectivity index (χ0v) is 15.4. The number of piperidine rings is 1. The van der Waals surface area contributed by atoms with Crippen LogP contribution in [0.4, 0.5) is 0 Å². The largest absolute Gasteiger partial charge is 0.481 e. The molecule has 1 saturated heterocycles. The van der Waals surface area contributed by atoms with Crippen LogP contribution in [0.15, 0.2) is 34.2 Å². The van der Waals surface area contributed by atoms with Gasteiger partial charge in [0, 0.05) is 18.2 Å². The summed E-state index contributed by atoms with van der Waals surface area (Å²) in [6.07, 6.45) is 1.15. The van der Waals surface area contributed by atoms with Gasteiger partial charge in [0.15, 0.2) is 0 Å². The molecule has 2 aliphatic heterocycles. The van der Waals surface area contributed by atoms with Crippen LogP contribution in [0.25, 0.3) is 0 Å². The first-order valence-electron chi connectivity index (χ1n) is 8.45.